The number of benzene rings is 5. The molecule has 344 valence electrons. The van der Waals surface area contributed by atoms with Crippen LogP contribution in [0.15, 0.2) is 107 Å². The maximum absolute atomic E-state index is 14.8. The number of amides is 1. The van der Waals surface area contributed by atoms with Crippen LogP contribution in [0.25, 0.3) is 11.1 Å². The Labute approximate surface area is 401 Å². The number of methoxy groups -OCH3 is 1. The van der Waals surface area contributed by atoms with E-state index in [1.54, 1.807) is 43.3 Å². The molecule has 1 aromatic heterocycles. The van der Waals surface area contributed by atoms with Gasteiger partial charge in [-0.3, -0.25) is 9.59 Å². The zero-order valence-corrected chi connectivity index (χ0v) is 39.5. The van der Waals surface area contributed by atoms with E-state index in [1.807, 2.05) is 66.7 Å². The zero-order valence-electron chi connectivity index (χ0n) is 36.4. The number of nitrogens with one attached hydrogen (secondary N) is 2. The number of hydrogen-bond donors (Lipinski definition) is 2. The normalized spacial score (nSPS) is 15.9. The number of Topliss-reactive ketones (excluding diaryl/α,β-unsaturated/α-hetero) is 1. The topological polar surface area (TPSA) is 186 Å². The summed E-state index contributed by atoms with van der Waals surface area (Å²) in [6.07, 6.45) is -0.514. The molecular weight excluding hydrogens is 938 g/mol. The Morgan fingerprint density at radius 2 is 1.61 bits per heavy atom. The van der Waals surface area contributed by atoms with Gasteiger partial charge in [0, 0.05) is 13.0 Å². The van der Waals surface area contributed by atoms with Gasteiger partial charge in [0.15, 0.2) is 26.9 Å². The van der Waals surface area contributed by atoms with Gasteiger partial charge in [-0.1, -0.05) is 89.1 Å². The van der Waals surface area contributed by atoms with E-state index < -0.39 is 40.1 Å². The Bertz CT molecular complexity index is 3000. The number of aryl methyl sites for hydroxylation is 1. The minimum atomic E-state index is -4.44. The van der Waals surface area contributed by atoms with Gasteiger partial charge in [0.25, 0.3) is 10.0 Å². The van der Waals surface area contributed by atoms with Gasteiger partial charge in [0.2, 0.25) is 5.91 Å². The highest BCUT2D eigenvalue weighted by atomic mass is 35.5. The lowest BCUT2D eigenvalue weighted by atomic mass is 9.93. The SMILES string of the molecule is COC(=O)[C@H](Cc1ccc(-c2ccc(C#N)cc2)cc1)NC(=O)[C@@H]1Cc2cc3c(cc2CN1S(=O)(=O)c1sc(NCC(C)=O)nc1C)O[C@@H](c1ccc(OCc2ccc(Cl)c(Cl)c2)cc1)CO3. The first-order valence-corrected chi connectivity index (χ1v) is 24.0. The van der Waals surface area contributed by atoms with Crippen molar-refractivity contribution in [2.75, 3.05) is 25.6 Å². The van der Waals surface area contributed by atoms with Crippen molar-refractivity contribution in [2.24, 2.45) is 0 Å². The van der Waals surface area contributed by atoms with Crippen molar-refractivity contribution in [3.05, 3.63) is 152 Å². The molecule has 0 aliphatic carbocycles. The van der Waals surface area contributed by atoms with Crippen molar-refractivity contribution in [3.8, 4) is 34.4 Å². The summed E-state index contributed by atoms with van der Waals surface area (Å²) in [5.74, 6) is -0.126. The summed E-state index contributed by atoms with van der Waals surface area (Å²) in [6, 6.07) is 30.4. The molecule has 1 amide bonds. The number of anilines is 1. The molecule has 5 aromatic carbocycles. The Balaban J connectivity index is 1.04. The Kier molecular flexibility index (Phi) is 14.2. The number of ketones is 1. The van der Waals surface area contributed by atoms with E-state index in [1.165, 1.54) is 14.0 Å². The molecule has 3 heterocycles. The average Bonchev–Trinajstić information content (AvgIpc) is 3.73. The van der Waals surface area contributed by atoms with Crippen LogP contribution in [0, 0.1) is 18.3 Å². The van der Waals surface area contributed by atoms with Crippen LogP contribution in [-0.2, 0) is 55.1 Å². The van der Waals surface area contributed by atoms with E-state index in [2.05, 4.69) is 21.7 Å². The quantitative estimate of drug-likeness (QED) is 0.0938. The number of fused-ring (bicyclic) bond motifs is 2. The summed E-state index contributed by atoms with van der Waals surface area (Å²) in [7, 11) is -3.22. The van der Waals surface area contributed by atoms with Crippen LogP contribution in [0.4, 0.5) is 5.13 Å². The van der Waals surface area contributed by atoms with Crippen molar-refractivity contribution in [1.82, 2.24) is 14.6 Å². The fraction of sp³-hybridized carbons (Fsp3) is 0.245. The summed E-state index contributed by atoms with van der Waals surface area (Å²) in [5, 5.41) is 16.0. The molecule has 67 heavy (non-hydrogen) atoms. The van der Waals surface area contributed by atoms with E-state index in [0.717, 1.165) is 37.9 Å². The molecule has 18 heteroatoms. The number of hydrogen-bond acceptors (Lipinski definition) is 13. The number of sulfonamides is 1. The first-order chi connectivity index (χ1) is 32.2. The van der Waals surface area contributed by atoms with E-state index in [0.29, 0.717) is 49.5 Å². The van der Waals surface area contributed by atoms with Gasteiger partial charge in [-0.15, -0.1) is 0 Å². The van der Waals surface area contributed by atoms with Gasteiger partial charge in [-0.05, 0) is 108 Å². The summed E-state index contributed by atoms with van der Waals surface area (Å²) in [5.41, 5.74) is 6.15. The van der Waals surface area contributed by atoms with Gasteiger partial charge < -0.3 is 29.6 Å². The Morgan fingerprint density at radius 3 is 2.28 bits per heavy atom. The molecule has 6 aromatic rings. The number of rotatable bonds is 15. The lowest BCUT2D eigenvalue weighted by Gasteiger charge is -2.36. The second kappa shape index (κ2) is 20.2. The number of nitrogens with zero attached hydrogens (tertiary/aromatic N) is 3. The molecule has 3 atom stereocenters. The van der Waals surface area contributed by atoms with E-state index in [4.69, 9.17) is 42.1 Å². The van der Waals surface area contributed by atoms with Crippen LogP contribution >= 0.6 is 34.5 Å². The number of ether oxygens (including phenoxy) is 4. The van der Waals surface area contributed by atoms with Crippen LogP contribution in [-0.4, -0.2) is 67.7 Å². The Morgan fingerprint density at radius 1 is 0.925 bits per heavy atom. The van der Waals surface area contributed by atoms with Gasteiger partial charge in [-0.2, -0.15) is 9.57 Å². The number of nitriles is 1. The molecule has 0 bridgehead atoms. The van der Waals surface area contributed by atoms with Crippen LogP contribution in [0.2, 0.25) is 10.0 Å². The highest BCUT2D eigenvalue weighted by Gasteiger charge is 2.43. The molecule has 0 radical (unpaired) electrons. The predicted octanol–water partition coefficient (Wildman–Crippen LogP) is 8.41. The first kappa shape index (κ1) is 47.0. The third kappa shape index (κ3) is 10.7. The van der Waals surface area contributed by atoms with Gasteiger partial charge >= 0.3 is 5.97 Å². The molecule has 2 N–H and O–H groups in total. The summed E-state index contributed by atoms with van der Waals surface area (Å²) in [4.78, 5) is 43.9. The first-order valence-electron chi connectivity index (χ1n) is 21.0. The predicted molar refractivity (Wildman–Crippen MR) is 253 cm³/mol. The van der Waals surface area contributed by atoms with Crippen LogP contribution in [0.1, 0.15) is 52.1 Å². The lowest BCUT2D eigenvalue weighted by Crippen LogP contribution is -2.56. The standard InChI is InChI=1S/C49H43Cl2N5O9S2/c1-28(57)24-53-49-54-29(2)48(66-49)67(60,61)56-25-37-22-44-43(64-27-45(65-44)35-13-15-38(16-14-35)63-26-32-8-17-39(50)40(51)18-32)21-36(37)20-42(56)46(58)55-41(47(59)62-3)19-30-4-9-33(10-5-30)34-11-6-31(23-52)7-12-34/h4-18,21-22,41-42,45H,19-20,24-27H2,1-3H3,(H,53,54)(H,55,58)/t41-,42-,45+/m0/s1. The van der Waals surface area contributed by atoms with Crippen molar-refractivity contribution < 1.29 is 41.7 Å². The maximum Gasteiger partial charge on any atom is 0.328 e. The second-order valence-electron chi connectivity index (χ2n) is 16.0. The molecule has 0 unspecified atom stereocenters. The van der Waals surface area contributed by atoms with E-state index >= 15 is 0 Å². The van der Waals surface area contributed by atoms with Gasteiger partial charge in [0.05, 0.1) is 41.0 Å². The average molecular weight is 981 g/mol. The molecule has 0 saturated heterocycles. The van der Waals surface area contributed by atoms with Crippen molar-refractivity contribution in [1.29, 1.82) is 5.26 Å². The largest absolute Gasteiger partial charge is 0.489 e. The van der Waals surface area contributed by atoms with Crippen LogP contribution < -0.4 is 24.8 Å². The molecule has 2 aliphatic rings. The summed E-state index contributed by atoms with van der Waals surface area (Å²) < 4.78 is 54.3. The number of carbonyl (C=O) groups is 3. The molecule has 14 nitrogen and oxygen atoms in total. The molecule has 0 saturated carbocycles. The maximum atomic E-state index is 14.8. The molecule has 2 aliphatic heterocycles. The smallest absolute Gasteiger partial charge is 0.328 e. The summed E-state index contributed by atoms with van der Waals surface area (Å²) in [6.45, 7) is 3.14. The zero-order chi connectivity index (χ0) is 47.4. The summed E-state index contributed by atoms with van der Waals surface area (Å²) >= 11 is 13.1. The van der Waals surface area contributed by atoms with Crippen LogP contribution in [0.5, 0.6) is 17.2 Å². The molecule has 0 fully saturated rings. The number of halogens is 2. The fourth-order valence-corrected chi connectivity index (χ4v) is 11.2. The number of esters is 1. The van der Waals surface area contributed by atoms with Crippen molar-refractivity contribution in [3.63, 3.8) is 0 Å². The molecule has 0 spiro atoms. The highest BCUT2D eigenvalue weighted by molar-refractivity contribution is 7.91. The fourth-order valence-electron chi connectivity index (χ4n) is 7.76. The number of aromatic nitrogens is 1. The minimum absolute atomic E-state index is 0.0478. The van der Waals surface area contributed by atoms with Crippen molar-refractivity contribution in [2.45, 2.75) is 62.2 Å². The second-order valence-corrected chi connectivity index (χ2v) is 19.9. The van der Waals surface area contributed by atoms with E-state index in [-0.39, 0.29) is 60.0 Å². The molecule has 8 rings (SSSR count). The highest BCUT2D eigenvalue weighted by Crippen LogP contribution is 2.42. The third-order valence-electron chi connectivity index (χ3n) is 11.3. The lowest BCUT2D eigenvalue weighted by molar-refractivity contribution is -0.145. The Hall–Kier alpha value is -6.48. The number of carbonyl (C=O) groups excluding carboxylic acids is 3. The third-order valence-corrected chi connectivity index (χ3v) is 15.6. The molecular formula is C49H43Cl2N5O9S2. The van der Waals surface area contributed by atoms with Crippen molar-refractivity contribution >= 4 is 67.4 Å². The number of thiazole rings is 1. The van der Waals surface area contributed by atoms with E-state index in [9.17, 15) is 28.1 Å². The van der Waals surface area contributed by atoms with Gasteiger partial charge in [-0.25, -0.2) is 18.2 Å². The van der Waals surface area contributed by atoms with Crippen LogP contribution in [0.3, 0.4) is 0 Å². The minimum Gasteiger partial charge on any atom is -0.489 e. The van der Waals surface area contributed by atoms with Gasteiger partial charge in [0.1, 0.15) is 36.8 Å². The monoisotopic (exact) mass is 979 g/mol.